The van der Waals surface area contributed by atoms with Gasteiger partial charge in [-0.05, 0) is 0 Å². The van der Waals surface area contributed by atoms with Crippen LogP contribution >= 0.6 is 11.1 Å². The summed E-state index contributed by atoms with van der Waals surface area (Å²) in [6, 6.07) is 0. The molecule has 0 saturated carbocycles. The van der Waals surface area contributed by atoms with Crippen molar-refractivity contribution in [2.45, 2.75) is 12.4 Å². The van der Waals surface area contributed by atoms with Crippen LogP contribution in [0.25, 0.3) is 0 Å². The molecule has 0 N–H and O–H groups in total. The third-order valence-electron chi connectivity index (χ3n) is 1.42. The summed E-state index contributed by atoms with van der Waals surface area (Å²) in [5.41, 5.74) is 0. The fourth-order valence-corrected chi connectivity index (χ4v) is 1.90. The van der Waals surface area contributed by atoms with Crippen LogP contribution in [0, 0.1) is 0 Å². The van der Waals surface area contributed by atoms with Crippen molar-refractivity contribution >= 4 is 31.5 Å². The van der Waals surface area contributed by atoms with Crippen LogP contribution in [0.3, 0.4) is 0 Å². The molecule has 0 aliphatic rings. The maximum Gasteiger partial charge on any atom is 0.660 e. The largest absolute Gasteiger partial charge is 0.660 e. The standard InChI is InChI=1S/C8H12ClF6N4O2Si/c1-18(2)16-5(7(10,11)12)20-22(9)21-6(8(13,14)15)17-19(3)4/h1-4H3/b16-5+,17-6+. The fourth-order valence-electron chi connectivity index (χ4n) is 0.806. The smallest absolute Gasteiger partial charge is 0.479 e. The number of hydrogen-bond donors (Lipinski definition) is 0. The minimum absolute atomic E-state index is 0.743. The number of hydrazone groups is 2. The second-order valence-corrected chi connectivity index (χ2v) is 5.75. The van der Waals surface area contributed by atoms with Gasteiger partial charge < -0.3 is 8.85 Å². The Morgan fingerprint density at radius 1 is 0.818 bits per heavy atom. The Hall–Kier alpha value is -1.37. The lowest BCUT2D eigenvalue weighted by molar-refractivity contribution is -0.0766. The van der Waals surface area contributed by atoms with E-state index in [1.54, 1.807) is 0 Å². The van der Waals surface area contributed by atoms with Crippen LogP contribution < -0.4 is 0 Å². The molecule has 22 heavy (non-hydrogen) atoms. The van der Waals surface area contributed by atoms with Crippen LogP contribution in [0.2, 0.25) is 0 Å². The zero-order chi connectivity index (χ0) is 17.7. The summed E-state index contributed by atoms with van der Waals surface area (Å²) >= 11 is 5.31. The van der Waals surface area contributed by atoms with E-state index in [1.807, 2.05) is 0 Å². The van der Waals surface area contributed by atoms with Crippen LogP contribution in [0.15, 0.2) is 10.2 Å². The molecule has 129 valence electrons. The van der Waals surface area contributed by atoms with E-state index in [2.05, 4.69) is 19.1 Å². The van der Waals surface area contributed by atoms with Gasteiger partial charge in [-0.25, -0.2) is 0 Å². The summed E-state index contributed by atoms with van der Waals surface area (Å²) in [5.74, 6) is -3.65. The molecule has 0 amide bonds. The van der Waals surface area contributed by atoms with Crippen LogP contribution in [-0.2, 0) is 8.85 Å². The van der Waals surface area contributed by atoms with Crippen LogP contribution in [0.4, 0.5) is 26.3 Å². The number of halogens is 7. The molecule has 0 aromatic rings. The molecule has 0 heterocycles. The van der Waals surface area contributed by atoms with Crippen LogP contribution in [0.1, 0.15) is 0 Å². The average Bonchev–Trinajstić information content (AvgIpc) is 2.23. The molecule has 0 saturated heterocycles. The summed E-state index contributed by atoms with van der Waals surface area (Å²) in [4.78, 5) is 0. The highest BCUT2D eigenvalue weighted by atomic mass is 35.6. The van der Waals surface area contributed by atoms with Gasteiger partial charge in [0, 0.05) is 28.2 Å². The van der Waals surface area contributed by atoms with E-state index in [1.165, 1.54) is 0 Å². The summed E-state index contributed by atoms with van der Waals surface area (Å²) in [6.07, 6.45) is -10.1. The maximum atomic E-state index is 12.6. The molecule has 0 unspecified atom stereocenters. The van der Waals surface area contributed by atoms with Gasteiger partial charge in [-0.15, -0.1) is 10.2 Å². The highest BCUT2D eigenvalue weighted by Gasteiger charge is 2.45. The number of hydrogen-bond acceptors (Lipinski definition) is 6. The molecule has 0 aromatic carbocycles. The molecule has 0 rings (SSSR count). The first-order valence-corrected chi connectivity index (χ1v) is 7.60. The van der Waals surface area contributed by atoms with Crippen molar-refractivity contribution in [1.82, 2.24) is 10.0 Å². The summed E-state index contributed by atoms with van der Waals surface area (Å²) in [7, 11) is 1.11. The summed E-state index contributed by atoms with van der Waals surface area (Å²) in [6.45, 7) is 0. The predicted octanol–water partition coefficient (Wildman–Crippen LogP) is 2.12. The number of rotatable bonds is 4. The Kier molecular flexibility index (Phi) is 7.27. The summed E-state index contributed by atoms with van der Waals surface area (Å²) < 4.78 is 83.8. The van der Waals surface area contributed by atoms with E-state index in [0.29, 0.717) is 0 Å². The lowest BCUT2D eigenvalue weighted by Gasteiger charge is -2.19. The molecule has 0 aromatic heterocycles. The van der Waals surface area contributed by atoms with E-state index in [-0.39, 0.29) is 0 Å². The Morgan fingerprint density at radius 2 is 1.09 bits per heavy atom. The third-order valence-corrected chi connectivity index (χ3v) is 2.59. The van der Waals surface area contributed by atoms with Gasteiger partial charge in [-0.3, -0.25) is 10.0 Å². The quantitative estimate of drug-likeness (QED) is 0.189. The van der Waals surface area contributed by atoms with E-state index >= 15 is 0 Å². The minimum atomic E-state index is -5.05. The van der Waals surface area contributed by atoms with Crippen LogP contribution in [0.5, 0.6) is 0 Å². The van der Waals surface area contributed by atoms with Gasteiger partial charge in [0.05, 0.1) is 0 Å². The van der Waals surface area contributed by atoms with Gasteiger partial charge in [-0.2, -0.15) is 26.3 Å². The van der Waals surface area contributed by atoms with E-state index in [4.69, 9.17) is 11.1 Å². The first-order chi connectivity index (χ1) is 9.73. The van der Waals surface area contributed by atoms with Crippen molar-refractivity contribution in [1.29, 1.82) is 0 Å². The number of alkyl halides is 6. The molecular formula is C8H12ClF6N4O2Si. The second-order valence-electron chi connectivity index (χ2n) is 3.94. The van der Waals surface area contributed by atoms with Gasteiger partial charge in [-0.1, -0.05) is 11.1 Å². The first-order valence-electron chi connectivity index (χ1n) is 5.28. The average molecular weight is 374 g/mol. The van der Waals surface area contributed by atoms with Crippen LogP contribution in [-0.4, -0.2) is 71.0 Å². The Balaban J connectivity index is 5.14. The van der Waals surface area contributed by atoms with E-state index < -0.39 is 32.7 Å². The molecule has 1 radical (unpaired) electrons. The maximum absolute atomic E-state index is 12.6. The van der Waals surface area contributed by atoms with Gasteiger partial charge in [0.1, 0.15) is 0 Å². The van der Waals surface area contributed by atoms with Crippen molar-refractivity contribution in [3.63, 3.8) is 0 Å². The molecule has 6 nitrogen and oxygen atoms in total. The Labute approximate surface area is 128 Å². The molecule has 14 heteroatoms. The van der Waals surface area contributed by atoms with Crippen molar-refractivity contribution in [3.8, 4) is 0 Å². The lowest BCUT2D eigenvalue weighted by atomic mass is 10.6. The van der Waals surface area contributed by atoms with E-state index in [9.17, 15) is 26.3 Å². The molecule has 0 bridgehead atoms. The molecule has 0 aliphatic carbocycles. The predicted molar refractivity (Wildman–Crippen MR) is 68.1 cm³/mol. The molecular weight excluding hydrogens is 362 g/mol. The third kappa shape index (κ3) is 8.16. The van der Waals surface area contributed by atoms with Crippen molar-refractivity contribution in [2.75, 3.05) is 28.2 Å². The van der Waals surface area contributed by atoms with Gasteiger partial charge in [0.2, 0.25) is 0 Å². The Morgan fingerprint density at radius 3 is 1.27 bits per heavy atom. The van der Waals surface area contributed by atoms with Gasteiger partial charge >= 0.3 is 32.7 Å². The minimum Gasteiger partial charge on any atom is -0.479 e. The van der Waals surface area contributed by atoms with Crippen molar-refractivity contribution in [2.24, 2.45) is 10.2 Å². The summed E-state index contributed by atoms with van der Waals surface area (Å²) in [5, 5.41) is 7.39. The molecule has 0 fully saturated rings. The van der Waals surface area contributed by atoms with Gasteiger partial charge in [0.25, 0.3) is 0 Å². The zero-order valence-corrected chi connectivity index (χ0v) is 13.5. The lowest BCUT2D eigenvalue weighted by Crippen LogP contribution is -2.38. The highest BCUT2D eigenvalue weighted by molar-refractivity contribution is 7.00. The topological polar surface area (TPSA) is 49.7 Å². The number of nitrogens with zero attached hydrogens (tertiary/aromatic N) is 4. The zero-order valence-electron chi connectivity index (χ0n) is 11.8. The molecule has 0 spiro atoms. The normalized spacial score (nSPS) is 14.2. The molecule has 0 atom stereocenters. The SMILES string of the molecule is CN(C)/N=C(/O[Si](Cl)O/C(=N/N(C)C)C(F)(F)F)C(F)(F)F. The molecule has 0 aliphatic heterocycles. The Bertz CT molecular complexity index is 388. The highest BCUT2D eigenvalue weighted by Crippen LogP contribution is 2.23. The van der Waals surface area contributed by atoms with Gasteiger partial charge in [0.15, 0.2) is 0 Å². The second kappa shape index (κ2) is 7.76. The monoisotopic (exact) mass is 373 g/mol. The van der Waals surface area contributed by atoms with E-state index in [0.717, 1.165) is 38.2 Å². The fraction of sp³-hybridized carbons (Fsp3) is 0.750. The van der Waals surface area contributed by atoms with Crippen molar-refractivity contribution in [3.05, 3.63) is 0 Å². The van der Waals surface area contributed by atoms with Crippen molar-refractivity contribution < 1.29 is 35.2 Å². The first kappa shape index (κ1) is 20.6.